The molecule has 0 unspecified atom stereocenters. The number of nitrogens with one attached hydrogen (secondary N) is 1. The van der Waals surface area contributed by atoms with Gasteiger partial charge in [-0.1, -0.05) is 12.1 Å². The van der Waals surface area contributed by atoms with Crippen molar-refractivity contribution in [3.8, 4) is 5.75 Å². The summed E-state index contributed by atoms with van der Waals surface area (Å²) in [7, 11) is 1.79. The summed E-state index contributed by atoms with van der Waals surface area (Å²) in [5.41, 5.74) is 0.970. The lowest BCUT2D eigenvalue weighted by molar-refractivity contribution is 0.251. The lowest BCUT2D eigenvalue weighted by Gasteiger charge is -2.12. The Kier molecular flexibility index (Phi) is 3.08. The molecule has 12 heavy (non-hydrogen) atoms. The molecule has 66 valence electrons. The second-order valence-electron chi connectivity index (χ2n) is 2.62. The lowest BCUT2D eigenvalue weighted by Crippen LogP contribution is -2.19. The molecule has 0 bridgehead atoms. The molecule has 0 spiro atoms. The van der Waals surface area contributed by atoms with Gasteiger partial charge in [0.15, 0.2) is 0 Å². The zero-order chi connectivity index (χ0) is 8.97. The van der Waals surface area contributed by atoms with Gasteiger partial charge in [-0.05, 0) is 24.7 Å². The van der Waals surface area contributed by atoms with Crippen molar-refractivity contribution < 1.29 is 10.2 Å². The van der Waals surface area contributed by atoms with Crippen LogP contribution in [0.4, 0.5) is 0 Å². The molecule has 0 heterocycles. The number of likely N-dealkylation sites (N-methyl/N-ethyl adjacent to an activating group) is 1. The SMILES string of the molecule is CN[C@H](CO)c1ccc(O)cc1. The number of aliphatic hydroxyl groups excluding tert-OH is 1. The highest BCUT2D eigenvalue weighted by Gasteiger charge is 2.05. The van der Waals surface area contributed by atoms with Gasteiger partial charge in [0.05, 0.1) is 12.6 Å². The van der Waals surface area contributed by atoms with E-state index in [1.807, 2.05) is 0 Å². The monoisotopic (exact) mass is 167 g/mol. The Morgan fingerprint density at radius 2 is 1.92 bits per heavy atom. The van der Waals surface area contributed by atoms with E-state index in [1.165, 1.54) is 0 Å². The van der Waals surface area contributed by atoms with Crippen LogP contribution in [0.15, 0.2) is 24.3 Å². The fourth-order valence-corrected chi connectivity index (χ4v) is 1.07. The normalized spacial score (nSPS) is 12.8. The Hall–Kier alpha value is -1.06. The smallest absolute Gasteiger partial charge is 0.115 e. The predicted molar refractivity (Wildman–Crippen MR) is 47.0 cm³/mol. The molecule has 0 saturated carbocycles. The first-order chi connectivity index (χ1) is 5.77. The summed E-state index contributed by atoms with van der Waals surface area (Å²) in [5.74, 6) is 0.242. The maximum Gasteiger partial charge on any atom is 0.115 e. The van der Waals surface area contributed by atoms with Crippen LogP contribution >= 0.6 is 0 Å². The van der Waals surface area contributed by atoms with Gasteiger partial charge in [0.1, 0.15) is 5.75 Å². The van der Waals surface area contributed by atoms with Crippen LogP contribution in [0, 0.1) is 0 Å². The zero-order valence-corrected chi connectivity index (χ0v) is 6.99. The Morgan fingerprint density at radius 3 is 2.33 bits per heavy atom. The second-order valence-corrected chi connectivity index (χ2v) is 2.62. The molecule has 0 aliphatic rings. The molecule has 1 aromatic rings. The Bertz CT molecular complexity index is 229. The molecule has 1 aromatic carbocycles. The van der Waals surface area contributed by atoms with E-state index in [4.69, 9.17) is 10.2 Å². The summed E-state index contributed by atoms with van der Waals surface area (Å²) in [6.07, 6.45) is 0. The summed E-state index contributed by atoms with van der Waals surface area (Å²) < 4.78 is 0. The fraction of sp³-hybridized carbons (Fsp3) is 0.333. The molecular weight excluding hydrogens is 154 g/mol. The van der Waals surface area contributed by atoms with Gasteiger partial charge in [-0.15, -0.1) is 0 Å². The maximum atomic E-state index is 9.00. The first-order valence-electron chi connectivity index (χ1n) is 3.85. The molecule has 3 nitrogen and oxygen atoms in total. The van der Waals surface area contributed by atoms with E-state index in [9.17, 15) is 0 Å². The fourth-order valence-electron chi connectivity index (χ4n) is 1.07. The van der Waals surface area contributed by atoms with Gasteiger partial charge in [-0.25, -0.2) is 0 Å². The maximum absolute atomic E-state index is 9.00. The van der Waals surface area contributed by atoms with Gasteiger partial charge in [0.2, 0.25) is 0 Å². The summed E-state index contributed by atoms with van der Waals surface area (Å²) >= 11 is 0. The van der Waals surface area contributed by atoms with Gasteiger partial charge in [0.25, 0.3) is 0 Å². The van der Waals surface area contributed by atoms with Gasteiger partial charge in [0, 0.05) is 0 Å². The van der Waals surface area contributed by atoms with E-state index < -0.39 is 0 Å². The van der Waals surface area contributed by atoms with E-state index in [2.05, 4.69) is 5.32 Å². The molecule has 0 aromatic heterocycles. The Balaban J connectivity index is 2.80. The highest BCUT2D eigenvalue weighted by Crippen LogP contribution is 2.15. The largest absolute Gasteiger partial charge is 0.508 e. The number of aromatic hydroxyl groups is 1. The molecule has 0 amide bonds. The second kappa shape index (κ2) is 4.09. The topological polar surface area (TPSA) is 52.5 Å². The molecule has 0 aliphatic carbocycles. The first-order valence-corrected chi connectivity index (χ1v) is 3.85. The summed E-state index contributed by atoms with van der Waals surface area (Å²) in [4.78, 5) is 0. The van der Waals surface area contributed by atoms with Crippen molar-refractivity contribution in [3.63, 3.8) is 0 Å². The average molecular weight is 167 g/mol. The minimum atomic E-state index is -0.0504. The molecule has 0 aliphatic heterocycles. The van der Waals surface area contributed by atoms with Gasteiger partial charge in [-0.2, -0.15) is 0 Å². The summed E-state index contributed by atoms with van der Waals surface area (Å²) in [6, 6.07) is 6.73. The predicted octanol–water partition coefficient (Wildman–Crippen LogP) is 0.645. The van der Waals surface area contributed by atoms with E-state index in [-0.39, 0.29) is 18.4 Å². The lowest BCUT2D eigenvalue weighted by atomic mass is 10.1. The van der Waals surface area contributed by atoms with Gasteiger partial charge >= 0.3 is 0 Å². The standard InChI is InChI=1S/C9H13NO2/c1-10-9(6-11)7-2-4-8(12)5-3-7/h2-5,9-12H,6H2,1H3/t9-/m1/s1. The summed E-state index contributed by atoms with van der Waals surface area (Å²) in [5, 5.41) is 20.9. The molecule has 3 heteroatoms. The highest BCUT2D eigenvalue weighted by molar-refractivity contribution is 5.27. The number of hydrogen-bond acceptors (Lipinski definition) is 3. The first kappa shape index (κ1) is 9.03. The van der Waals surface area contributed by atoms with Crippen LogP contribution in [0.2, 0.25) is 0 Å². The number of benzene rings is 1. The van der Waals surface area contributed by atoms with Crippen molar-refractivity contribution in [1.29, 1.82) is 0 Å². The molecule has 0 fully saturated rings. The third kappa shape index (κ3) is 1.96. The number of phenolic OH excluding ortho intramolecular Hbond substituents is 1. The van der Waals surface area contributed by atoms with Gasteiger partial charge < -0.3 is 15.5 Å². The van der Waals surface area contributed by atoms with E-state index >= 15 is 0 Å². The van der Waals surface area contributed by atoms with Crippen LogP contribution in [0.5, 0.6) is 5.75 Å². The van der Waals surface area contributed by atoms with Crippen LogP contribution in [-0.2, 0) is 0 Å². The minimum Gasteiger partial charge on any atom is -0.508 e. The summed E-state index contributed by atoms with van der Waals surface area (Å²) in [6.45, 7) is 0.0568. The molecule has 3 N–H and O–H groups in total. The van der Waals surface area contributed by atoms with Crippen LogP contribution < -0.4 is 5.32 Å². The van der Waals surface area contributed by atoms with Crippen molar-refractivity contribution in [3.05, 3.63) is 29.8 Å². The quantitative estimate of drug-likeness (QED) is 0.619. The third-order valence-corrected chi connectivity index (χ3v) is 1.83. The van der Waals surface area contributed by atoms with E-state index in [0.29, 0.717) is 0 Å². The highest BCUT2D eigenvalue weighted by atomic mass is 16.3. The minimum absolute atomic E-state index is 0.0504. The molecule has 0 saturated heterocycles. The van der Waals surface area contributed by atoms with Crippen molar-refractivity contribution >= 4 is 0 Å². The van der Waals surface area contributed by atoms with Gasteiger partial charge in [-0.3, -0.25) is 0 Å². The van der Waals surface area contributed by atoms with Crippen molar-refractivity contribution in [1.82, 2.24) is 5.32 Å². The average Bonchev–Trinajstić information content (AvgIpc) is 2.10. The number of rotatable bonds is 3. The van der Waals surface area contributed by atoms with Crippen LogP contribution in [-0.4, -0.2) is 23.9 Å². The number of hydrogen-bond donors (Lipinski definition) is 3. The van der Waals surface area contributed by atoms with Crippen LogP contribution in [0.25, 0.3) is 0 Å². The molecular formula is C9H13NO2. The number of aliphatic hydroxyl groups is 1. The van der Waals surface area contributed by atoms with E-state index in [0.717, 1.165) is 5.56 Å². The Morgan fingerprint density at radius 1 is 1.33 bits per heavy atom. The van der Waals surface area contributed by atoms with Crippen LogP contribution in [0.1, 0.15) is 11.6 Å². The molecule has 1 rings (SSSR count). The zero-order valence-electron chi connectivity index (χ0n) is 6.99. The van der Waals surface area contributed by atoms with Crippen molar-refractivity contribution in [2.24, 2.45) is 0 Å². The number of phenols is 1. The third-order valence-electron chi connectivity index (χ3n) is 1.83. The van der Waals surface area contributed by atoms with E-state index in [1.54, 1.807) is 31.3 Å². The van der Waals surface area contributed by atoms with Crippen molar-refractivity contribution in [2.45, 2.75) is 6.04 Å². The van der Waals surface area contributed by atoms with Crippen LogP contribution in [0.3, 0.4) is 0 Å². The molecule has 1 atom stereocenters. The van der Waals surface area contributed by atoms with Crippen molar-refractivity contribution in [2.75, 3.05) is 13.7 Å². The Labute approximate surface area is 71.7 Å². The molecule has 0 radical (unpaired) electrons.